The van der Waals surface area contributed by atoms with Crippen LogP contribution in [0.3, 0.4) is 0 Å². The van der Waals surface area contributed by atoms with Crippen molar-refractivity contribution < 1.29 is 18.0 Å². The molecule has 23 heavy (non-hydrogen) atoms. The molecule has 132 valence electrons. The van der Waals surface area contributed by atoms with Gasteiger partial charge in [-0.1, -0.05) is 12.8 Å². The minimum absolute atomic E-state index is 0.106. The predicted octanol–water partition coefficient (Wildman–Crippen LogP) is 1.86. The number of likely N-dealkylation sites (tertiary alicyclic amines) is 1. The second kappa shape index (κ2) is 6.97. The first-order valence-electron chi connectivity index (χ1n) is 8.77. The summed E-state index contributed by atoms with van der Waals surface area (Å²) in [4.78, 5) is 16.7. The maximum absolute atomic E-state index is 13.2. The molecule has 0 bridgehead atoms. The number of carbonyl (C=O) groups excluding carboxylic acids is 1. The van der Waals surface area contributed by atoms with Crippen molar-refractivity contribution in [3.8, 4) is 0 Å². The molecule has 1 N–H and O–H groups in total. The van der Waals surface area contributed by atoms with Crippen molar-refractivity contribution in [3.63, 3.8) is 0 Å². The maximum Gasteiger partial charge on any atom is 0.392 e. The summed E-state index contributed by atoms with van der Waals surface area (Å²) in [6.07, 6.45) is -1.56. The molecule has 2 aliphatic heterocycles. The van der Waals surface area contributed by atoms with Gasteiger partial charge in [-0.3, -0.25) is 9.69 Å². The molecule has 0 aromatic rings. The number of halogens is 3. The second-order valence-electron chi connectivity index (χ2n) is 7.05. The number of amides is 1. The molecular weight excluding hydrogens is 307 g/mol. The van der Waals surface area contributed by atoms with Gasteiger partial charge in [0, 0.05) is 51.2 Å². The minimum Gasteiger partial charge on any atom is -0.341 e. The highest BCUT2D eigenvalue weighted by atomic mass is 19.4. The number of nitrogens with zero attached hydrogens (tertiary/aromatic N) is 2. The summed E-state index contributed by atoms with van der Waals surface area (Å²) in [5.41, 5.74) is 0. The molecule has 3 fully saturated rings. The Morgan fingerprint density at radius 2 is 1.70 bits per heavy atom. The highest BCUT2D eigenvalue weighted by molar-refractivity contribution is 5.79. The van der Waals surface area contributed by atoms with E-state index in [9.17, 15) is 18.0 Å². The number of hydrogen-bond donors (Lipinski definition) is 1. The van der Waals surface area contributed by atoms with Gasteiger partial charge in [-0.25, -0.2) is 0 Å². The molecule has 0 spiro atoms. The van der Waals surface area contributed by atoms with E-state index >= 15 is 0 Å². The number of alkyl halides is 3. The van der Waals surface area contributed by atoms with E-state index < -0.39 is 18.0 Å². The van der Waals surface area contributed by atoms with E-state index in [-0.39, 0.29) is 12.3 Å². The summed E-state index contributed by atoms with van der Waals surface area (Å²) in [5.74, 6) is -2.56. The Balaban J connectivity index is 1.61. The Hall–Kier alpha value is -0.820. The fourth-order valence-electron chi connectivity index (χ4n) is 4.34. The molecule has 3 rings (SSSR count). The van der Waals surface area contributed by atoms with Gasteiger partial charge in [0.25, 0.3) is 0 Å². The monoisotopic (exact) mass is 333 g/mol. The molecule has 7 heteroatoms. The lowest BCUT2D eigenvalue weighted by atomic mass is 9.78. The highest BCUT2D eigenvalue weighted by Gasteiger charge is 2.49. The first-order valence-corrected chi connectivity index (χ1v) is 8.77. The molecule has 1 amide bonds. The van der Waals surface area contributed by atoms with Crippen molar-refractivity contribution in [2.75, 3.05) is 39.3 Å². The molecule has 1 saturated carbocycles. The van der Waals surface area contributed by atoms with Crippen LogP contribution in [0.5, 0.6) is 0 Å². The molecule has 0 aromatic heterocycles. The summed E-state index contributed by atoms with van der Waals surface area (Å²) in [7, 11) is 0. The van der Waals surface area contributed by atoms with Crippen molar-refractivity contribution in [2.24, 2.45) is 11.8 Å². The largest absolute Gasteiger partial charge is 0.392 e. The first-order chi connectivity index (χ1) is 11.0. The van der Waals surface area contributed by atoms with E-state index in [0.29, 0.717) is 32.0 Å². The van der Waals surface area contributed by atoms with Crippen LogP contribution in [-0.4, -0.2) is 67.2 Å². The van der Waals surface area contributed by atoms with Gasteiger partial charge in [-0.15, -0.1) is 0 Å². The first kappa shape index (κ1) is 17.0. The van der Waals surface area contributed by atoms with Crippen LogP contribution in [0.2, 0.25) is 0 Å². The van der Waals surface area contributed by atoms with Crippen molar-refractivity contribution in [1.82, 2.24) is 15.1 Å². The van der Waals surface area contributed by atoms with E-state index in [2.05, 4.69) is 10.2 Å². The summed E-state index contributed by atoms with van der Waals surface area (Å²) < 4.78 is 39.7. The zero-order valence-electron chi connectivity index (χ0n) is 13.4. The van der Waals surface area contributed by atoms with Crippen LogP contribution in [0.25, 0.3) is 0 Å². The van der Waals surface area contributed by atoms with E-state index in [1.807, 2.05) is 0 Å². The summed E-state index contributed by atoms with van der Waals surface area (Å²) in [5, 5.41) is 3.30. The number of nitrogens with one attached hydrogen (secondary N) is 1. The molecule has 2 saturated heterocycles. The lowest BCUT2D eigenvalue weighted by molar-refractivity contribution is -0.200. The molecular formula is C16H26F3N3O. The fraction of sp³-hybridized carbons (Fsp3) is 0.938. The molecule has 1 aliphatic carbocycles. The number of carbonyl (C=O) groups is 1. The Morgan fingerprint density at radius 1 is 1.00 bits per heavy atom. The van der Waals surface area contributed by atoms with E-state index in [0.717, 1.165) is 39.0 Å². The molecule has 3 atom stereocenters. The minimum atomic E-state index is -4.25. The van der Waals surface area contributed by atoms with Gasteiger partial charge in [0.05, 0.1) is 5.92 Å². The molecule has 3 unspecified atom stereocenters. The van der Waals surface area contributed by atoms with Gasteiger partial charge in [-0.2, -0.15) is 13.2 Å². The van der Waals surface area contributed by atoms with Crippen molar-refractivity contribution in [1.29, 1.82) is 0 Å². The lowest BCUT2D eigenvalue weighted by Gasteiger charge is -2.35. The van der Waals surface area contributed by atoms with Crippen LogP contribution in [0, 0.1) is 11.8 Å². The Labute approximate surface area is 135 Å². The van der Waals surface area contributed by atoms with Crippen molar-refractivity contribution >= 4 is 5.91 Å². The third-order valence-corrected chi connectivity index (χ3v) is 5.65. The molecule has 4 nitrogen and oxygen atoms in total. The normalized spacial score (nSPS) is 33.9. The third kappa shape index (κ3) is 3.82. The average Bonchev–Trinajstić information content (AvgIpc) is 3.04. The maximum atomic E-state index is 13.2. The van der Waals surface area contributed by atoms with E-state index in [4.69, 9.17) is 0 Å². The smallest absolute Gasteiger partial charge is 0.341 e. The molecule has 2 heterocycles. The van der Waals surface area contributed by atoms with Crippen LogP contribution >= 0.6 is 0 Å². The zero-order valence-corrected chi connectivity index (χ0v) is 13.4. The van der Waals surface area contributed by atoms with Gasteiger partial charge in [0.2, 0.25) is 5.91 Å². The number of hydrogen-bond acceptors (Lipinski definition) is 3. The molecule has 0 aromatic carbocycles. The Morgan fingerprint density at radius 3 is 2.39 bits per heavy atom. The number of rotatable bonds is 2. The van der Waals surface area contributed by atoms with Crippen LogP contribution in [0.15, 0.2) is 0 Å². The van der Waals surface area contributed by atoms with Crippen LogP contribution in [0.4, 0.5) is 13.2 Å². The zero-order chi connectivity index (χ0) is 16.4. The topological polar surface area (TPSA) is 35.6 Å². The Bertz CT molecular complexity index is 423. The lowest BCUT2D eigenvalue weighted by Crippen LogP contribution is -2.50. The van der Waals surface area contributed by atoms with Crippen molar-refractivity contribution in [2.45, 2.75) is 44.3 Å². The van der Waals surface area contributed by atoms with Gasteiger partial charge in [-0.05, 0) is 19.3 Å². The number of piperazine rings is 1. The van der Waals surface area contributed by atoms with Gasteiger partial charge in [0.15, 0.2) is 0 Å². The Kier molecular flexibility index (Phi) is 5.16. The molecule has 0 radical (unpaired) electrons. The highest BCUT2D eigenvalue weighted by Crippen LogP contribution is 2.42. The predicted molar refractivity (Wildman–Crippen MR) is 80.9 cm³/mol. The van der Waals surface area contributed by atoms with Crippen LogP contribution < -0.4 is 5.32 Å². The average molecular weight is 333 g/mol. The quantitative estimate of drug-likeness (QED) is 0.838. The van der Waals surface area contributed by atoms with Crippen LogP contribution in [-0.2, 0) is 4.79 Å². The molecule has 3 aliphatic rings. The fourth-order valence-corrected chi connectivity index (χ4v) is 4.34. The van der Waals surface area contributed by atoms with Gasteiger partial charge in [0.1, 0.15) is 0 Å². The van der Waals surface area contributed by atoms with E-state index in [1.54, 1.807) is 4.90 Å². The van der Waals surface area contributed by atoms with Crippen molar-refractivity contribution in [3.05, 3.63) is 0 Å². The summed E-state index contributed by atoms with van der Waals surface area (Å²) in [6.45, 7) is 5.02. The third-order valence-electron chi connectivity index (χ3n) is 5.65. The van der Waals surface area contributed by atoms with Gasteiger partial charge < -0.3 is 10.2 Å². The summed E-state index contributed by atoms with van der Waals surface area (Å²) in [6, 6.07) is 0.314. The second-order valence-corrected chi connectivity index (χ2v) is 7.05. The summed E-state index contributed by atoms with van der Waals surface area (Å²) >= 11 is 0. The SMILES string of the molecule is O=C(C1CCCCC1C(F)(F)F)N1CCC(N2CCNCC2)C1. The van der Waals surface area contributed by atoms with E-state index in [1.165, 1.54) is 0 Å². The van der Waals surface area contributed by atoms with Gasteiger partial charge >= 0.3 is 6.18 Å². The standard InChI is InChI=1S/C16H26F3N3O/c17-16(18,19)14-4-2-1-3-13(14)15(23)22-8-5-12(11-22)21-9-6-20-7-10-21/h12-14,20H,1-11H2. The van der Waals surface area contributed by atoms with Crippen LogP contribution in [0.1, 0.15) is 32.1 Å².